The second kappa shape index (κ2) is 10.0. The number of amides is 1. The van der Waals surface area contributed by atoms with Gasteiger partial charge in [0.1, 0.15) is 5.25 Å². The van der Waals surface area contributed by atoms with Gasteiger partial charge in [0.2, 0.25) is 5.91 Å². The Kier molecular flexibility index (Phi) is 8.04. The Morgan fingerprint density at radius 3 is 2.56 bits per heavy atom. The van der Waals surface area contributed by atoms with Gasteiger partial charge in [-0.1, -0.05) is 30.3 Å². The van der Waals surface area contributed by atoms with E-state index in [1.165, 1.54) is 6.07 Å². The minimum Gasteiger partial charge on any atom is -0.391 e. The number of carbonyl (C=O) groups excluding carboxylic acids is 1. The number of nitrogens with one attached hydrogen (secondary N) is 2. The van der Waals surface area contributed by atoms with Crippen LogP contribution in [0, 0.1) is 17.6 Å². The van der Waals surface area contributed by atoms with Crippen molar-refractivity contribution in [1.82, 2.24) is 10.6 Å². The van der Waals surface area contributed by atoms with Gasteiger partial charge in [0, 0.05) is 30.4 Å². The molecule has 27 heavy (non-hydrogen) atoms. The van der Waals surface area contributed by atoms with E-state index < -0.39 is 23.0 Å². The highest BCUT2D eigenvalue weighted by molar-refractivity contribution is 8.00. The maximum atomic E-state index is 13.5. The smallest absolute Gasteiger partial charge is 0.238 e. The lowest BCUT2D eigenvalue weighted by atomic mass is 10.1. The summed E-state index contributed by atoms with van der Waals surface area (Å²) < 4.78 is 26.7. The standard InChI is InChI=1S/C19H20F2N2O2S.ClH/c20-15-7-6-14(8-16(15)21)26-18(12-4-2-1-3-5-12)19(25)23-10-13-9-22-11-17(13)24;/h1-8,13,17-18,22,24H,9-11H2,(H,23,25);1H. The Morgan fingerprint density at radius 1 is 1.19 bits per heavy atom. The Bertz CT molecular complexity index is 767. The van der Waals surface area contributed by atoms with Gasteiger partial charge in [-0.15, -0.1) is 24.2 Å². The van der Waals surface area contributed by atoms with E-state index in [1.807, 2.05) is 30.3 Å². The van der Waals surface area contributed by atoms with Gasteiger partial charge in [0.05, 0.1) is 6.10 Å². The maximum absolute atomic E-state index is 13.5. The molecule has 2 aromatic carbocycles. The van der Waals surface area contributed by atoms with E-state index in [-0.39, 0.29) is 24.2 Å². The number of benzene rings is 2. The molecule has 1 heterocycles. The fraction of sp³-hybridized carbons (Fsp3) is 0.316. The molecule has 1 aliphatic rings. The van der Waals surface area contributed by atoms with Gasteiger partial charge in [-0.05, 0) is 23.8 Å². The fourth-order valence-electron chi connectivity index (χ4n) is 2.84. The van der Waals surface area contributed by atoms with Crippen molar-refractivity contribution in [3.05, 3.63) is 65.7 Å². The van der Waals surface area contributed by atoms with Crippen LogP contribution in [0.15, 0.2) is 53.4 Å². The number of aliphatic hydroxyl groups excluding tert-OH is 1. The van der Waals surface area contributed by atoms with E-state index in [1.54, 1.807) is 0 Å². The van der Waals surface area contributed by atoms with Gasteiger partial charge in [-0.2, -0.15) is 0 Å². The zero-order valence-electron chi connectivity index (χ0n) is 14.4. The molecule has 0 aromatic heterocycles. The minimum absolute atomic E-state index is 0. The Morgan fingerprint density at radius 2 is 1.93 bits per heavy atom. The topological polar surface area (TPSA) is 61.4 Å². The second-order valence-electron chi connectivity index (χ2n) is 6.22. The molecule has 1 aliphatic heterocycles. The van der Waals surface area contributed by atoms with E-state index >= 15 is 0 Å². The van der Waals surface area contributed by atoms with E-state index in [9.17, 15) is 18.7 Å². The lowest BCUT2D eigenvalue weighted by Crippen LogP contribution is -2.36. The van der Waals surface area contributed by atoms with Gasteiger partial charge in [-0.25, -0.2) is 8.78 Å². The predicted octanol–water partition coefficient (Wildman–Crippen LogP) is 2.92. The fourth-order valence-corrected chi connectivity index (χ4v) is 3.91. The number of hydrogen-bond acceptors (Lipinski definition) is 4. The normalized spacial score (nSPS) is 20.0. The summed E-state index contributed by atoms with van der Waals surface area (Å²) in [5.74, 6) is -2.13. The van der Waals surface area contributed by atoms with Crippen LogP contribution in [0.3, 0.4) is 0 Å². The number of rotatable bonds is 6. The third-order valence-electron chi connectivity index (χ3n) is 4.33. The molecule has 0 radical (unpaired) electrons. The predicted molar refractivity (Wildman–Crippen MR) is 104 cm³/mol. The summed E-state index contributed by atoms with van der Waals surface area (Å²) in [7, 11) is 0. The van der Waals surface area contributed by atoms with Gasteiger partial charge in [0.25, 0.3) is 0 Å². The molecule has 1 fully saturated rings. The largest absolute Gasteiger partial charge is 0.391 e. The van der Waals surface area contributed by atoms with Gasteiger partial charge in [0.15, 0.2) is 11.6 Å². The van der Waals surface area contributed by atoms with Crippen LogP contribution in [-0.4, -0.2) is 36.8 Å². The second-order valence-corrected chi connectivity index (χ2v) is 7.39. The zero-order chi connectivity index (χ0) is 18.5. The molecule has 146 valence electrons. The molecule has 1 saturated heterocycles. The quantitative estimate of drug-likeness (QED) is 0.636. The summed E-state index contributed by atoms with van der Waals surface area (Å²) in [6.45, 7) is 1.52. The molecule has 3 rings (SSSR count). The Hall–Kier alpha value is -1.67. The molecular formula is C19H21ClF2N2O2S. The van der Waals surface area contributed by atoms with Crippen LogP contribution in [0.25, 0.3) is 0 Å². The third-order valence-corrected chi connectivity index (χ3v) is 5.58. The van der Waals surface area contributed by atoms with Crippen LogP contribution in [0.2, 0.25) is 0 Å². The molecule has 1 amide bonds. The third kappa shape index (κ3) is 5.65. The molecular weight excluding hydrogens is 394 g/mol. The van der Waals surface area contributed by atoms with Crippen LogP contribution >= 0.6 is 24.2 Å². The van der Waals surface area contributed by atoms with Crippen LogP contribution in [0.4, 0.5) is 8.78 Å². The first-order valence-corrected chi connectivity index (χ1v) is 9.25. The van der Waals surface area contributed by atoms with Crippen molar-refractivity contribution in [2.24, 2.45) is 5.92 Å². The molecule has 0 bridgehead atoms. The Balaban J connectivity index is 0.00000261. The molecule has 3 unspecified atom stereocenters. The van der Waals surface area contributed by atoms with E-state index in [2.05, 4.69) is 10.6 Å². The van der Waals surface area contributed by atoms with Crippen molar-refractivity contribution in [1.29, 1.82) is 0 Å². The number of β-amino-alcohol motifs (C(OH)–C–C–N with tert-alkyl or cyclic N) is 1. The van der Waals surface area contributed by atoms with E-state index in [0.29, 0.717) is 24.5 Å². The van der Waals surface area contributed by atoms with Gasteiger partial charge >= 0.3 is 0 Å². The highest BCUT2D eigenvalue weighted by Gasteiger charge is 2.27. The number of halogens is 3. The average Bonchev–Trinajstić information content (AvgIpc) is 3.06. The number of carbonyl (C=O) groups is 1. The first kappa shape index (κ1) is 21.6. The van der Waals surface area contributed by atoms with Crippen molar-refractivity contribution >= 4 is 30.1 Å². The van der Waals surface area contributed by atoms with Crippen LogP contribution < -0.4 is 10.6 Å². The van der Waals surface area contributed by atoms with Crippen molar-refractivity contribution < 1.29 is 18.7 Å². The summed E-state index contributed by atoms with van der Waals surface area (Å²) in [6, 6.07) is 12.7. The molecule has 0 spiro atoms. The monoisotopic (exact) mass is 414 g/mol. The summed E-state index contributed by atoms with van der Waals surface area (Å²) >= 11 is 1.16. The Labute approximate surface area is 167 Å². The molecule has 8 heteroatoms. The lowest BCUT2D eigenvalue weighted by Gasteiger charge is -2.20. The van der Waals surface area contributed by atoms with Crippen LogP contribution in [-0.2, 0) is 4.79 Å². The molecule has 3 N–H and O–H groups in total. The summed E-state index contributed by atoms with van der Waals surface area (Å²) in [5, 5.41) is 15.2. The molecule has 0 saturated carbocycles. The van der Waals surface area contributed by atoms with Crippen LogP contribution in [0.1, 0.15) is 10.8 Å². The van der Waals surface area contributed by atoms with E-state index in [4.69, 9.17) is 0 Å². The molecule has 3 atom stereocenters. The van der Waals surface area contributed by atoms with Crippen molar-refractivity contribution in [2.45, 2.75) is 16.2 Å². The molecule has 4 nitrogen and oxygen atoms in total. The number of thioether (sulfide) groups is 1. The van der Waals surface area contributed by atoms with Crippen LogP contribution in [0.5, 0.6) is 0 Å². The first-order chi connectivity index (χ1) is 12.5. The lowest BCUT2D eigenvalue weighted by molar-refractivity contribution is -0.120. The average molecular weight is 415 g/mol. The summed E-state index contributed by atoms with van der Waals surface area (Å²) in [6.07, 6.45) is -0.482. The SMILES string of the molecule is Cl.O=C(NCC1CNCC1O)C(Sc1ccc(F)c(F)c1)c1ccccc1. The highest BCUT2D eigenvalue weighted by atomic mass is 35.5. The van der Waals surface area contributed by atoms with Gasteiger partial charge in [-0.3, -0.25) is 4.79 Å². The molecule has 0 aliphatic carbocycles. The van der Waals surface area contributed by atoms with Crippen molar-refractivity contribution in [3.8, 4) is 0 Å². The zero-order valence-corrected chi connectivity index (χ0v) is 16.0. The summed E-state index contributed by atoms with van der Waals surface area (Å²) in [5.41, 5.74) is 0.768. The molecule has 2 aromatic rings. The van der Waals surface area contributed by atoms with Crippen molar-refractivity contribution in [3.63, 3.8) is 0 Å². The number of hydrogen-bond donors (Lipinski definition) is 3. The highest BCUT2D eigenvalue weighted by Crippen LogP contribution is 2.36. The summed E-state index contributed by atoms with van der Waals surface area (Å²) in [4.78, 5) is 13.2. The van der Waals surface area contributed by atoms with Gasteiger partial charge < -0.3 is 15.7 Å². The minimum atomic E-state index is -0.942. The number of aliphatic hydroxyl groups is 1. The maximum Gasteiger partial charge on any atom is 0.238 e. The first-order valence-electron chi connectivity index (χ1n) is 8.37. The van der Waals surface area contributed by atoms with E-state index in [0.717, 1.165) is 29.5 Å². The van der Waals surface area contributed by atoms with Crippen molar-refractivity contribution in [2.75, 3.05) is 19.6 Å².